The average Bonchev–Trinajstić information content (AvgIpc) is 3.45. The lowest BCUT2D eigenvalue weighted by atomic mass is 9.94. The van der Waals surface area contributed by atoms with Gasteiger partial charge in [0.2, 0.25) is 0 Å². The van der Waals surface area contributed by atoms with Crippen molar-refractivity contribution in [2.45, 2.75) is 26.8 Å². The largest absolute Gasteiger partial charge is 0.493 e. The number of rotatable bonds is 6. The molecule has 1 amide bonds. The topological polar surface area (TPSA) is 86.9 Å². The number of methoxy groups -OCH3 is 2. The monoisotopic (exact) mass is 592 g/mol. The predicted molar refractivity (Wildman–Crippen MR) is 171 cm³/mol. The Labute approximate surface area is 252 Å². The number of thiazole rings is 1. The molecule has 1 aliphatic heterocycles. The van der Waals surface area contributed by atoms with E-state index in [1.54, 1.807) is 24.9 Å². The Bertz CT molecular complexity index is 2130. The number of carbonyl (C=O) groups is 1. The van der Waals surface area contributed by atoms with Gasteiger partial charge in [-0.05, 0) is 62.2 Å². The van der Waals surface area contributed by atoms with Gasteiger partial charge in [-0.1, -0.05) is 53.8 Å². The van der Waals surface area contributed by atoms with Crippen LogP contribution < -0.4 is 29.7 Å². The van der Waals surface area contributed by atoms with Gasteiger partial charge in [-0.25, -0.2) is 4.99 Å². The summed E-state index contributed by atoms with van der Waals surface area (Å²) < 4.78 is 15.4. The second-order valence-corrected chi connectivity index (χ2v) is 11.5. The normalized spacial score (nSPS) is 14.9. The molecule has 6 rings (SSSR count). The number of anilines is 1. The van der Waals surface area contributed by atoms with Crippen LogP contribution in [0.2, 0.25) is 0 Å². The van der Waals surface area contributed by atoms with E-state index in [1.165, 1.54) is 11.3 Å². The maximum Gasteiger partial charge on any atom is 0.271 e. The van der Waals surface area contributed by atoms with Crippen molar-refractivity contribution in [3.8, 4) is 11.5 Å². The maximum atomic E-state index is 14.3. The van der Waals surface area contributed by atoms with Crippen molar-refractivity contribution in [2.75, 3.05) is 19.5 Å². The zero-order valence-corrected chi connectivity index (χ0v) is 25.7. The van der Waals surface area contributed by atoms with Crippen LogP contribution in [0.1, 0.15) is 35.3 Å². The van der Waals surface area contributed by atoms with E-state index >= 15 is 0 Å². The fourth-order valence-electron chi connectivity index (χ4n) is 5.72. The van der Waals surface area contributed by atoms with Crippen molar-refractivity contribution in [1.82, 2.24) is 9.13 Å². The van der Waals surface area contributed by atoms with Crippen LogP contribution in [0.5, 0.6) is 11.5 Å². The first-order valence-corrected chi connectivity index (χ1v) is 14.7. The summed E-state index contributed by atoms with van der Waals surface area (Å²) in [5, 5.41) is 4.12. The maximum absolute atomic E-state index is 14.3. The molecule has 3 aromatic carbocycles. The molecule has 9 heteroatoms. The van der Waals surface area contributed by atoms with Gasteiger partial charge in [-0.3, -0.25) is 14.2 Å². The van der Waals surface area contributed by atoms with Gasteiger partial charge in [0.15, 0.2) is 16.3 Å². The number of nitrogens with one attached hydrogen (secondary N) is 1. The van der Waals surface area contributed by atoms with Crippen molar-refractivity contribution < 1.29 is 14.3 Å². The SMILES string of the molecule is COc1ccc([C@@H]2C(C(=O)Nc3ccccc3C)=C(C)N=c3s/c(=C\c4c(C)n(C)c5ccccc45)c(=O)n32)cc1OC. The van der Waals surface area contributed by atoms with E-state index in [1.807, 2.05) is 82.4 Å². The van der Waals surface area contributed by atoms with Crippen molar-refractivity contribution in [2.24, 2.45) is 12.0 Å². The third-order valence-electron chi connectivity index (χ3n) is 8.11. The number of para-hydroxylation sites is 2. The molecule has 1 N–H and O–H groups in total. The fourth-order valence-corrected chi connectivity index (χ4v) is 6.74. The Kier molecular flexibility index (Phi) is 7.27. The first kappa shape index (κ1) is 28.2. The number of amides is 1. The van der Waals surface area contributed by atoms with Crippen LogP contribution >= 0.6 is 11.3 Å². The molecule has 218 valence electrons. The van der Waals surface area contributed by atoms with E-state index in [9.17, 15) is 9.59 Å². The molecule has 2 aromatic heterocycles. The van der Waals surface area contributed by atoms with E-state index in [0.717, 1.165) is 27.7 Å². The molecule has 0 spiro atoms. The third kappa shape index (κ3) is 4.75. The van der Waals surface area contributed by atoms with Crippen molar-refractivity contribution in [3.05, 3.63) is 120 Å². The number of nitrogens with zero attached hydrogens (tertiary/aromatic N) is 3. The number of benzene rings is 3. The first-order chi connectivity index (χ1) is 20.7. The Morgan fingerprint density at radius 3 is 2.44 bits per heavy atom. The molecule has 0 saturated heterocycles. The summed E-state index contributed by atoms with van der Waals surface area (Å²) in [6.07, 6.45) is 1.94. The number of ether oxygens (including phenoxy) is 2. The zero-order valence-electron chi connectivity index (χ0n) is 24.9. The summed E-state index contributed by atoms with van der Waals surface area (Å²) in [6, 6.07) is 20.5. The lowest BCUT2D eigenvalue weighted by molar-refractivity contribution is -0.113. The minimum Gasteiger partial charge on any atom is -0.493 e. The molecule has 0 radical (unpaired) electrons. The van der Waals surface area contributed by atoms with Crippen molar-refractivity contribution in [3.63, 3.8) is 0 Å². The summed E-state index contributed by atoms with van der Waals surface area (Å²) in [7, 11) is 5.16. The number of aromatic nitrogens is 2. The predicted octanol–water partition coefficient (Wildman–Crippen LogP) is 5.00. The van der Waals surface area contributed by atoms with Crippen LogP contribution in [0, 0.1) is 13.8 Å². The van der Waals surface area contributed by atoms with Crippen LogP contribution in [-0.4, -0.2) is 29.3 Å². The van der Waals surface area contributed by atoms with Gasteiger partial charge >= 0.3 is 0 Å². The number of carbonyl (C=O) groups excluding carboxylic acids is 1. The van der Waals surface area contributed by atoms with Crippen molar-refractivity contribution in [1.29, 1.82) is 0 Å². The van der Waals surface area contributed by atoms with Gasteiger partial charge in [0.05, 0.1) is 36.1 Å². The highest BCUT2D eigenvalue weighted by molar-refractivity contribution is 7.07. The van der Waals surface area contributed by atoms with E-state index < -0.39 is 6.04 Å². The summed E-state index contributed by atoms with van der Waals surface area (Å²) in [5.74, 6) is 0.730. The Morgan fingerprint density at radius 1 is 0.977 bits per heavy atom. The highest BCUT2D eigenvalue weighted by Gasteiger charge is 2.33. The lowest BCUT2D eigenvalue weighted by Crippen LogP contribution is -2.40. The minimum absolute atomic E-state index is 0.218. The number of fused-ring (bicyclic) bond motifs is 2. The molecule has 1 atom stereocenters. The first-order valence-electron chi connectivity index (χ1n) is 13.9. The number of hydrogen-bond donors (Lipinski definition) is 1. The molecule has 0 aliphatic carbocycles. The van der Waals surface area contributed by atoms with Crippen LogP contribution in [0.3, 0.4) is 0 Å². The highest BCUT2D eigenvalue weighted by atomic mass is 32.1. The summed E-state index contributed by atoms with van der Waals surface area (Å²) in [5.41, 5.74) is 6.17. The zero-order chi connectivity index (χ0) is 30.4. The van der Waals surface area contributed by atoms with Gasteiger partial charge in [0, 0.05) is 34.9 Å². The number of hydrogen-bond acceptors (Lipinski definition) is 6. The number of aryl methyl sites for hydroxylation is 2. The molecule has 0 unspecified atom stereocenters. The average molecular weight is 593 g/mol. The van der Waals surface area contributed by atoms with E-state index in [4.69, 9.17) is 14.5 Å². The minimum atomic E-state index is -0.740. The molecule has 0 bridgehead atoms. The van der Waals surface area contributed by atoms with Gasteiger partial charge < -0.3 is 19.4 Å². The Morgan fingerprint density at radius 2 is 1.70 bits per heavy atom. The molecular weight excluding hydrogens is 560 g/mol. The van der Waals surface area contributed by atoms with Crippen LogP contribution in [0.25, 0.3) is 17.0 Å². The summed E-state index contributed by atoms with van der Waals surface area (Å²) in [6.45, 7) is 5.80. The van der Waals surface area contributed by atoms with Crippen LogP contribution in [0.4, 0.5) is 5.69 Å². The molecule has 0 fully saturated rings. The van der Waals surface area contributed by atoms with Crippen molar-refractivity contribution >= 4 is 39.9 Å². The van der Waals surface area contributed by atoms with Crippen LogP contribution in [-0.2, 0) is 11.8 Å². The summed E-state index contributed by atoms with van der Waals surface area (Å²) >= 11 is 1.32. The van der Waals surface area contributed by atoms with E-state index in [2.05, 4.69) is 22.0 Å². The third-order valence-corrected chi connectivity index (χ3v) is 9.09. The molecule has 1 aliphatic rings. The second-order valence-electron chi connectivity index (χ2n) is 10.5. The van der Waals surface area contributed by atoms with Crippen LogP contribution in [0.15, 0.2) is 87.8 Å². The Balaban J connectivity index is 1.57. The smallest absolute Gasteiger partial charge is 0.271 e. The number of allylic oxidation sites excluding steroid dienone is 1. The molecule has 0 saturated carbocycles. The van der Waals surface area contributed by atoms with Gasteiger partial charge in [-0.2, -0.15) is 0 Å². The standard InChI is InChI=1S/C34H32N4O4S/c1-19-11-7-9-13-25(19)36-32(39)30-20(2)35-34-38(31(30)22-15-16-27(41-5)28(17-22)42-6)33(40)29(43-34)18-24-21(3)37(4)26-14-10-8-12-23(24)26/h7-18,31H,1-6H3,(H,36,39)/b29-18-/t31-/m1/s1. The van der Waals surface area contributed by atoms with Gasteiger partial charge in [0.1, 0.15) is 0 Å². The molecule has 8 nitrogen and oxygen atoms in total. The van der Waals surface area contributed by atoms with E-state index in [0.29, 0.717) is 43.4 Å². The second kappa shape index (κ2) is 11.1. The quantitative estimate of drug-likeness (QED) is 0.301. The molecule has 3 heterocycles. The summed E-state index contributed by atoms with van der Waals surface area (Å²) in [4.78, 5) is 33.6. The molecule has 5 aromatic rings. The van der Waals surface area contributed by atoms with Gasteiger partial charge in [-0.15, -0.1) is 0 Å². The molecule has 43 heavy (non-hydrogen) atoms. The Hall–Kier alpha value is -4.89. The molecular formula is C34H32N4O4S. The fraction of sp³-hybridized carbons (Fsp3) is 0.206. The lowest BCUT2D eigenvalue weighted by Gasteiger charge is -2.26. The highest BCUT2D eigenvalue weighted by Crippen LogP contribution is 2.36. The van der Waals surface area contributed by atoms with E-state index in [-0.39, 0.29) is 11.5 Å². The van der Waals surface area contributed by atoms with Gasteiger partial charge in [0.25, 0.3) is 11.5 Å².